The van der Waals surface area contributed by atoms with Gasteiger partial charge in [-0.25, -0.2) is 0 Å². The highest BCUT2D eigenvalue weighted by atomic mass is 35.5. The Hall–Kier alpha value is -1.06. The van der Waals surface area contributed by atoms with Gasteiger partial charge in [0.1, 0.15) is 0 Å². The van der Waals surface area contributed by atoms with Gasteiger partial charge in [0.25, 0.3) is 0 Å². The molecule has 4 heteroatoms. The van der Waals surface area contributed by atoms with Crippen molar-refractivity contribution in [1.29, 1.82) is 0 Å². The molecule has 0 aromatic heterocycles. The number of hydrogen-bond donors (Lipinski definition) is 2. The normalized spacial score (nSPS) is 17.4. The minimum atomic E-state index is -0.403. The average Bonchev–Trinajstić information content (AvgIpc) is 2.90. The van der Waals surface area contributed by atoms with E-state index in [0.29, 0.717) is 18.0 Å². The summed E-state index contributed by atoms with van der Waals surface area (Å²) in [6.45, 7) is 0.638. The summed E-state index contributed by atoms with van der Waals surface area (Å²) in [7, 11) is 0. The van der Waals surface area contributed by atoms with E-state index in [1.807, 2.05) is 24.3 Å². The van der Waals surface area contributed by atoms with E-state index in [9.17, 15) is 4.79 Å². The Balaban J connectivity index is 2.17. The Labute approximate surface area is 119 Å². The summed E-state index contributed by atoms with van der Waals surface area (Å²) in [4.78, 5) is 12.5. The number of hydrogen-bond acceptors (Lipinski definition) is 2. The van der Waals surface area contributed by atoms with Crippen LogP contribution in [0, 0.1) is 0 Å². The van der Waals surface area contributed by atoms with E-state index >= 15 is 0 Å². The fourth-order valence-corrected chi connectivity index (χ4v) is 2.97. The van der Waals surface area contributed by atoms with E-state index in [-0.39, 0.29) is 12.5 Å². The molecule has 3 nitrogen and oxygen atoms in total. The zero-order valence-electron chi connectivity index (χ0n) is 11.0. The fraction of sp³-hybridized carbons (Fsp3) is 0.533. The molecule has 2 N–H and O–H groups in total. The second-order valence-corrected chi connectivity index (χ2v) is 5.57. The maximum atomic E-state index is 12.5. The average molecular weight is 282 g/mol. The zero-order chi connectivity index (χ0) is 13.7. The van der Waals surface area contributed by atoms with E-state index in [2.05, 4.69) is 5.32 Å². The monoisotopic (exact) mass is 281 g/mol. The predicted molar refractivity (Wildman–Crippen MR) is 76.3 cm³/mol. The highest BCUT2D eigenvalue weighted by Gasteiger charge is 2.42. The van der Waals surface area contributed by atoms with Crippen LogP contribution in [0.15, 0.2) is 24.3 Å². The van der Waals surface area contributed by atoms with Gasteiger partial charge >= 0.3 is 0 Å². The first-order chi connectivity index (χ1) is 9.19. The van der Waals surface area contributed by atoms with Gasteiger partial charge in [0, 0.05) is 18.2 Å². The minimum absolute atomic E-state index is 0.0840. The van der Waals surface area contributed by atoms with E-state index in [4.69, 9.17) is 16.7 Å². The number of nitrogens with one attached hydrogen (secondary N) is 1. The molecule has 1 aromatic carbocycles. The zero-order valence-corrected chi connectivity index (χ0v) is 11.7. The molecule has 0 spiro atoms. The number of aliphatic hydroxyl groups is 1. The number of aliphatic hydroxyl groups excluding tert-OH is 1. The van der Waals surface area contributed by atoms with Gasteiger partial charge in [-0.3, -0.25) is 4.79 Å². The van der Waals surface area contributed by atoms with Crippen LogP contribution in [0.5, 0.6) is 0 Å². The van der Waals surface area contributed by atoms with Crippen molar-refractivity contribution in [2.45, 2.75) is 37.5 Å². The van der Waals surface area contributed by atoms with Crippen LogP contribution in [-0.4, -0.2) is 24.2 Å². The van der Waals surface area contributed by atoms with Gasteiger partial charge in [-0.1, -0.05) is 36.6 Å². The largest absolute Gasteiger partial charge is 0.396 e. The Kier molecular flexibility index (Phi) is 4.83. The maximum Gasteiger partial charge on any atom is 0.230 e. The van der Waals surface area contributed by atoms with Crippen LogP contribution < -0.4 is 5.32 Å². The molecule has 0 atom stereocenters. The van der Waals surface area contributed by atoms with Crippen molar-refractivity contribution in [1.82, 2.24) is 5.32 Å². The number of amides is 1. The molecule has 19 heavy (non-hydrogen) atoms. The lowest BCUT2D eigenvalue weighted by Crippen LogP contribution is -2.43. The number of halogens is 1. The lowest BCUT2D eigenvalue weighted by atomic mass is 9.78. The summed E-state index contributed by atoms with van der Waals surface area (Å²) in [5, 5.41) is 12.4. The standard InChI is InChI=1S/C15H20ClNO2/c16-13-6-4-12(5-7-13)15(8-1-2-9-15)14(19)17-10-3-11-18/h4-7,18H,1-3,8-11H2,(H,17,19). The quantitative estimate of drug-likeness (QED) is 0.815. The summed E-state index contributed by atoms with van der Waals surface area (Å²) < 4.78 is 0. The lowest BCUT2D eigenvalue weighted by molar-refractivity contribution is -0.126. The van der Waals surface area contributed by atoms with Gasteiger partial charge < -0.3 is 10.4 Å². The van der Waals surface area contributed by atoms with Crippen LogP contribution in [0.4, 0.5) is 0 Å². The van der Waals surface area contributed by atoms with Crippen molar-refractivity contribution in [3.05, 3.63) is 34.9 Å². The molecule has 2 rings (SSSR count). The van der Waals surface area contributed by atoms with Crippen molar-refractivity contribution >= 4 is 17.5 Å². The van der Waals surface area contributed by atoms with Crippen LogP contribution in [-0.2, 0) is 10.2 Å². The van der Waals surface area contributed by atoms with E-state index in [0.717, 1.165) is 31.2 Å². The molecular weight excluding hydrogens is 262 g/mol. The first kappa shape index (κ1) is 14.4. The molecule has 1 aliphatic carbocycles. The van der Waals surface area contributed by atoms with E-state index < -0.39 is 5.41 Å². The molecule has 1 aliphatic rings. The van der Waals surface area contributed by atoms with Gasteiger partial charge in [0.05, 0.1) is 5.41 Å². The Morgan fingerprint density at radius 3 is 2.47 bits per heavy atom. The Morgan fingerprint density at radius 1 is 1.26 bits per heavy atom. The molecule has 0 aliphatic heterocycles. The van der Waals surface area contributed by atoms with Crippen LogP contribution in [0.25, 0.3) is 0 Å². The molecular formula is C15H20ClNO2. The number of benzene rings is 1. The van der Waals surface area contributed by atoms with Crippen LogP contribution in [0.2, 0.25) is 5.02 Å². The van der Waals surface area contributed by atoms with Crippen molar-refractivity contribution < 1.29 is 9.90 Å². The maximum absolute atomic E-state index is 12.5. The van der Waals surface area contributed by atoms with Gasteiger partial charge in [0.15, 0.2) is 0 Å². The second kappa shape index (κ2) is 6.40. The third-order valence-electron chi connectivity index (χ3n) is 3.91. The topological polar surface area (TPSA) is 49.3 Å². The van der Waals surface area contributed by atoms with Crippen molar-refractivity contribution in [3.8, 4) is 0 Å². The van der Waals surface area contributed by atoms with E-state index in [1.165, 1.54) is 0 Å². The molecule has 0 heterocycles. The smallest absolute Gasteiger partial charge is 0.230 e. The molecule has 1 aromatic rings. The number of carbonyl (C=O) groups excluding carboxylic acids is 1. The first-order valence-electron chi connectivity index (χ1n) is 6.84. The number of rotatable bonds is 5. The molecule has 0 saturated heterocycles. The molecule has 1 fully saturated rings. The van der Waals surface area contributed by atoms with Crippen LogP contribution >= 0.6 is 11.6 Å². The summed E-state index contributed by atoms with van der Waals surface area (Å²) in [6, 6.07) is 7.61. The van der Waals surface area contributed by atoms with Gasteiger partial charge in [-0.15, -0.1) is 0 Å². The predicted octanol–water partition coefficient (Wildman–Crippen LogP) is 2.65. The molecule has 1 saturated carbocycles. The summed E-state index contributed by atoms with van der Waals surface area (Å²) in [5.41, 5.74) is 0.649. The molecule has 0 radical (unpaired) electrons. The summed E-state index contributed by atoms with van der Waals surface area (Å²) >= 11 is 5.92. The Morgan fingerprint density at radius 2 is 1.89 bits per heavy atom. The third kappa shape index (κ3) is 3.10. The fourth-order valence-electron chi connectivity index (χ4n) is 2.84. The second-order valence-electron chi connectivity index (χ2n) is 5.13. The molecule has 0 unspecified atom stereocenters. The third-order valence-corrected chi connectivity index (χ3v) is 4.16. The van der Waals surface area contributed by atoms with Gasteiger partial charge in [-0.2, -0.15) is 0 Å². The van der Waals surface area contributed by atoms with Crippen molar-refractivity contribution in [2.24, 2.45) is 0 Å². The van der Waals surface area contributed by atoms with Gasteiger partial charge in [0.2, 0.25) is 5.91 Å². The highest BCUT2D eigenvalue weighted by molar-refractivity contribution is 6.30. The number of carbonyl (C=O) groups is 1. The van der Waals surface area contributed by atoms with Crippen LogP contribution in [0.3, 0.4) is 0 Å². The summed E-state index contributed by atoms with van der Waals surface area (Å²) in [6.07, 6.45) is 4.54. The van der Waals surface area contributed by atoms with Crippen molar-refractivity contribution in [2.75, 3.05) is 13.2 Å². The SMILES string of the molecule is O=C(NCCCO)C1(c2ccc(Cl)cc2)CCCC1. The highest BCUT2D eigenvalue weighted by Crippen LogP contribution is 2.41. The van der Waals surface area contributed by atoms with Crippen LogP contribution in [0.1, 0.15) is 37.7 Å². The van der Waals surface area contributed by atoms with E-state index in [1.54, 1.807) is 0 Å². The first-order valence-corrected chi connectivity index (χ1v) is 7.22. The molecule has 104 valence electrons. The lowest BCUT2D eigenvalue weighted by Gasteiger charge is -2.28. The van der Waals surface area contributed by atoms with Gasteiger partial charge in [-0.05, 0) is 37.0 Å². The Bertz CT molecular complexity index is 424. The molecule has 1 amide bonds. The van der Waals surface area contributed by atoms with Crippen molar-refractivity contribution in [3.63, 3.8) is 0 Å². The minimum Gasteiger partial charge on any atom is -0.396 e. The molecule has 0 bridgehead atoms. The summed E-state index contributed by atoms with van der Waals surface area (Å²) in [5.74, 6) is 0.0840.